The monoisotopic (exact) mass is 710 g/mol. The molecule has 0 atom stereocenters. The molecule has 2 aliphatic heterocycles. The van der Waals surface area contributed by atoms with Crippen LogP contribution >= 0.6 is 11.6 Å². The summed E-state index contributed by atoms with van der Waals surface area (Å²) in [7, 11) is -0.165. The Kier molecular flexibility index (Phi) is 11.0. The molecule has 2 aliphatic rings. The molecule has 2 fully saturated rings. The van der Waals surface area contributed by atoms with E-state index in [9.17, 15) is 8.42 Å². The summed E-state index contributed by atoms with van der Waals surface area (Å²) in [5.41, 5.74) is 0.641. The lowest BCUT2D eigenvalue weighted by Crippen LogP contribution is -2.43. The standard InChI is InChI=1S/C36H44ClFN6O4S/c1-4-43(19-21-47-3)16-9-22-49(45,46)23-20-42(2)34-28-24-39-32(27-12-5-10-26-11-6-13-29(37)30(26)27)31(38)33(28)40-35(41-34)48-25-36-14-7-17-44(36)18-8-15-36/h5-6,9-13,22,24H,4,7-8,14-21,23,25H2,1-3H3/b22-9+. The average Bonchev–Trinajstić information content (AvgIpc) is 3.68. The van der Waals surface area contributed by atoms with Gasteiger partial charge in [0.05, 0.1) is 23.3 Å². The van der Waals surface area contributed by atoms with Crippen molar-refractivity contribution in [2.75, 3.05) is 77.3 Å². The van der Waals surface area contributed by atoms with E-state index in [0.29, 0.717) is 53.5 Å². The molecule has 0 saturated carbocycles. The van der Waals surface area contributed by atoms with E-state index in [0.717, 1.165) is 50.7 Å². The second kappa shape index (κ2) is 15.2. The Hall–Kier alpha value is -3.42. The molecule has 0 bridgehead atoms. The lowest BCUT2D eigenvalue weighted by Gasteiger charge is -2.31. The van der Waals surface area contributed by atoms with Crippen LogP contribution in [0.25, 0.3) is 32.9 Å². The fourth-order valence-electron chi connectivity index (χ4n) is 7.09. The Bertz CT molecular complexity index is 1930. The van der Waals surface area contributed by atoms with Gasteiger partial charge in [-0.25, -0.2) is 12.8 Å². The number of nitrogens with zero attached hydrogens (tertiary/aromatic N) is 6. The predicted octanol–water partition coefficient (Wildman–Crippen LogP) is 5.98. The number of halogens is 2. The second-order valence-corrected chi connectivity index (χ2v) is 15.3. The molecule has 4 heterocycles. The zero-order chi connectivity index (χ0) is 34.6. The van der Waals surface area contributed by atoms with Crippen LogP contribution in [0, 0.1) is 5.82 Å². The van der Waals surface area contributed by atoms with Crippen molar-refractivity contribution in [1.82, 2.24) is 24.8 Å². The van der Waals surface area contributed by atoms with Crippen LogP contribution in [0.1, 0.15) is 32.6 Å². The van der Waals surface area contributed by atoms with Crippen molar-refractivity contribution in [3.05, 3.63) is 64.9 Å². The Labute approximate surface area is 292 Å². The Morgan fingerprint density at radius 1 is 1.10 bits per heavy atom. The summed E-state index contributed by atoms with van der Waals surface area (Å²) in [4.78, 5) is 20.1. The first-order valence-corrected chi connectivity index (χ1v) is 19.0. The maximum atomic E-state index is 16.7. The highest BCUT2D eigenvalue weighted by Gasteiger charge is 2.45. The maximum Gasteiger partial charge on any atom is 0.319 e. The number of anilines is 1. The molecule has 10 nitrogen and oxygen atoms in total. The third kappa shape index (κ3) is 7.68. The zero-order valence-electron chi connectivity index (χ0n) is 28.4. The van der Waals surface area contributed by atoms with Crippen molar-refractivity contribution < 1.29 is 22.3 Å². The summed E-state index contributed by atoms with van der Waals surface area (Å²) in [6.45, 7) is 7.18. The van der Waals surface area contributed by atoms with Gasteiger partial charge < -0.3 is 14.4 Å². The number of likely N-dealkylation sites (N-methyl/N-ethyl adjacent to an activating group) is 1. The van der Waals surface area contributed by atoms with Crippen LogP contribution in [0.5, 0.6) is 6.01 Å². The molecule has 49 heavy (non-hydrogen) atoms. The number of benzene rings is 2. The first kappa shape index (κ1) is 35.4. The van der Waals surface area contributed by atoms with Crippen LogP contribution in [0.4, 0.5) is 10.2 Å². The lowest BCUT2D eigenvalue weighted by atomic mass is 9.95. The molecule has 0 aliphatic carbocycles. The highest BCUT2D eigenvalue weighted by atomic mass is 35.5. The van der Waals surface area contributed by atoms with Crippen LogP contribution in [0.2, 0.25) is 5.02 Å². The van der Waals surface area contributed by atoms with Gasteiger partial charge in [0.15, 0.2) is 15.7 Å². The van der Waals surface area contributed by atoms with Crippen molar-refractivity contribution in [2.45, 2.75) is 38.1 Å². The predicted molar refractivity (Wildman–Crippen MR) is 194 cm³/mol. The summed E-state index contributed by atoms with van der Waals surface area (Å²) < 4.78 is 54.2. The van der Waals surface area contributed by atoms with Crippen molar-refractivity contribution in [3.8, 4) is 17.3 Å². The molecule has 2 aromatic carbocycles. The van der Waals surface area contributed by atoms with Crippen LogP contribution in [0.3, 0.4) is 0 Å². The lowest BCUT2D eigenvalue weighted by molar-refractivity contribution is 0.108. The Morgan fingerprint density at radius 2 is 1.86 bits per heavy atom. The van der Waals surface area contributed by atoms with E-state index in [-0.39, 0.29) is 35.1 Å². The number of fused-ring (bicyclic) bond motifs is 3. The summed E-state index contributed by atoms with van der Waals surface area (Å²) in [6.07, 6.45) is 7.49. The van der Waals surface area contributed by atoms with Gasteiger partial charge in [-0.3, -0.25) is 14.8 Å². The van der Waals surface area contributed by atoms with Gasteiger partial charge in [-0.15, -0.1) is 0 Å². The number of hydrogen-bond acceptors (Lipinski definition) is 10. The largest absolute Gasteiger partial charge is 0.461 e. The summed E-state index contributed by atoms with van der Waals surface area (Å²) in [6, 6.07) is 11.1. The molecule has 2 saturated heterocycles. The summed E-state index contributed by atoms with van der Waals surface area (Å²) in [5, 5.41) is 3.67. The number of pyridine rings is 1. The molecule has 0 radical (unpaired) electrons. The van der Waals surface area contributed by atoms with E-state index >= 15 is 4.39 Å². The molecular weight excluding hydrogens is 667 g/mol. The summed E-state index contributed by atoms with van der Waals surface area (Å²) in [5.74, 6) is -0.443. The van der Waals surface area contributed by atoms with Crippen LogP contribution in [-0.2, 0) is 14.6 Å². The minimum absolute atomic E-state index is 0.0478. The fourth-order valence-corrected chi connectivity index (χ4v) is 8.42. The number of hydrogen-bond donors (Lipinski definition) is 0. The number of sulfone groups is 1. The van der Waals surface area contributed by atoms with Gasteiger partial charge in [0.2, 0.25) is 0 Å². The van der Waals surface area contributed by atoms with Gasteiger partial charge in [-0.2, -0.15) is 9.97 Å². The minimum Gasteiger partial charge on any atom is -0.461 e. The SMILES string of the molecule is CCN(C/C=C/S(=O)(=O)CCN(C)c1nc(OCC23CCCN2CCC3)nc2c(F)c(-c3cccc4cccc(Cl)c34)ncc12)CCOC. The molecular formula is C36H44ClFN6O4S. The first-order chi connectivity index (χ1) is 23.6. The molecule has 0 N–H and O–H groups in total. The Balaban J connectivity index is 1.32. The number of ether oxygens (including phenoxy) is 2. The van der Waals surface area contributed by atoms with E-state index < -0.39 is 15.7 Å². The maximum absolute atomic E-state index is 16.7. The van der Waals surface area contributed by atoms with Gasteiger partial charge >= 0.3 is 6.01 Å². The van der Waals surface area contributed by atoms with Crippen molar-refractivity contribution in [2.24, 2.45) is 0 Å². The van der Waals surface area contributed by atoms with E-state index in [1.54, 1.807) is 43.5 Å². The van der Waals surface area contributed by atoms with E-state index in [1.165, 1.54) is 5.41 Å². The molecule has 6 rings (SSSR count). The van der Waals surface area contributed by atoms with E-state index in [4.69, 9.17) is 26.1 Å². The van der Waals surface area contributed by atoms with E-state index in [1.807, 2.05) is 31.2 Å². The number of methoxy groups -OCH3 is 1. The molecule has 0 spiro atoms. The normalized spacial score (nSPS) is 16.4. The zero-order valence-corrected chi connectivity index (χ0v) is 29.9. The van der Waals surface area contributed by atoms with Crippen molar-refractivity contribution in [1.29, 1.82) is 0 Å². The molecule has 13 heteroatoms. The van der Waals surface area contributed by atoms with Gasteiger partial charge in [0.25, 0.3) is 0 Å². The van der Waals surface area contributed by atoms with Crippen molar-refractivity contribution >= 4 is 48.9 Å². The van der Waals surface area contributed by atoms with Gasteiger partial charge in [-0.05, 0) is 56.8 Å². The third-order valence-electron chi connectivity index (χ3n) is 9.83. The molecule has 2 aromatic heterocycles. The molecule has 0 amide bonds. The topological polar surface area (TPSA) is 101 Å². The van der Waals surface area contributed by atoms with Crippen LogP contribution < -0.4 is 9.64 Å². The van der Waals surface area contributed by atoms with Gasteiger partial charge in [0.1, 0.15) is 23.6 Å². The van der Waals surface area contributed by atoms with Gasteiger partial charge in [-0.1, -0.05) is 54.9 Å². The number of aromatic nitrogens is 3. The van der Waals surface area contributed by atoms with E-state index in [2.05, 4.69) is 19.8 Å². The second-order valence-electron chi connectivity index (χ2n) is 12.9. The Morgan fingerprint density at radius 3 is 2.59 bits per heavy atom. The average molecular weight is 711 g/mol. The smallest absolute Gasteiger partial charge is 0.319 e. The molecule has 4 aromatic rings. The minimum atomic E-state index is -3.54. The highest BCUT2D eigenvalue weighted by Crippen LogP contribution is 2.40. The quantitative estimate of drug-likeness (QED) is 0.147. The summed E-state index contributed by atoms with van der Waals surface area (Å²) >= 11 is 6.60. The van der Waals surface area contributed by atoms with Gasteiger partial charge in [0, 0.05) is 61.4 Å². The highest BCUT2D eigenvalue weighted by molar-refractivity contribution is 7.94. The molecule has 0 unspecified atom stereocenters. The fraction of sp³-hybridized carbons (Fsp3) is 0.472. The first-order valence-electron chi connectivity index (χ1n) is 16.9. The third-order valence-corrected chi connectivity index (χ3v) is 11.5. The van der Waals surface area contributed by atoms with Crippen LogP contribution in [-0.4, -0.2) is 111 Å². The number of rotatable bonds is 15. The molecule has 262 valence electrons. The van der Waals surface area contributed by atoms with Crippen molar-refractivity contribution in [3.63, 3.8) is 0 Å². The van der Waals surface area contributed by atoms with Crippen LogP contribution in [0.15, 0.2) is 54.1 Å².